The van der Waals surface area contributed by atoms with Gasteiger partial charge in [0, 0.05) is 10.0 Å². The fraction of sp³-hybridized carbons (Fsp3) is 0.0667. The maximum absolute atomic E-state index is 12.1. The molecule has 0 fully saturated rings. The van der Waals surface area contributed by atoms with Crippen molar-refractivity contribution in [2.75, 3.05) is 12.4 Å². The van der Waals surface area contributed by atoms with Crippen LogP contribution in [0.15, 0.2) is 46.9 Å². The zero-order chi connectivity index (χ0) is 15.4. The Morgan fingerprint density at radius 2 is 1.81 bits per heavy atom. The molecule has 2 aromatic carbocycles. The number of carbonyl (C=O) groups is 2. The molecule has 0 atom stereocenters. The molecule has 0 aliphatic heterocycles. The second-order valence-corrected chi connectivity index (χ2v) is 5.09. The number of rotatable bonds is 4. The van der Waals surface area contributed by atoms with Gasteiger partial charge in [-0.2, -0.15) is 0 Å². The monoisotopic (exact) mass is 349 g/mol. The van der Waals surface area contributed by atoms with E-state index in [1.54, 1.807) is 36.4 Å². The molecule has 2 N–H and O–H groups in total. The highest BCUT2D eigenvalue weighted by atomic mass is 79.9. The molecule has 2 rings (SSSR count). The highest BCUT2D eigenvalue weighted by Crippen LogP contribution is 2.22. The summed E-state index contributed by atoms with van der Waals surface area (Å²) in [6, 6.07) is 11.1. The van der Waals surface area contributed by atoms with Crippen LogP contribution < -0.4 is 10.1 Å². The van der Waals surface area contributed by atoms with Gasteiger partial charge in [-0.3, -0.25) is 4.79 Å². The van der Waals surface area contributed by atoms with Crippen molar-refractivity contribution in [3.05, 3.63) is 58.1 Å². The van der Waals surface area contributed by atoms with Gasteiger partial charge >= 0.3 is 5.97 Å². The average Bonchev–Trinajstić information content (AvgIpc) is 2.47. The molecule has 2 aromatic rings. The van der Waals surface area contributed by atoms with Crippen LogP contribution in [0.5, 0.6) is 5.75 Å². The molecule has 108 valence electrons. The Kier molecular flexibility index (Phi) is 4.59. The summed E-state index contributed by atoms with van der Waals surface area (Å²) in [6.07, 6.45) is 0. The number of carbonyl (C=O) groups excluding carboxylic acids is 1. The number of halogens is 1. The van der Waals surface area contributed by atoms with Crippen molar-refractivity contribution in [1.82, 2.24) is 0 Å². The first-order chi connectivity index (χ1) is 10.0. The predicted molar refractivity (Wildman–Crippen MR) is 82.0 cm³/mol. The fourth-order valence-electron chi connectivity index (χ4n) is 1.74. The van der Waals surface area contributed by atoms with Gasteiger partial charge in [0.05, 0.1) is 18.4 Å². The van der Waals surface area contributed by atoms with Gasteiger partial charge in [-0.15, -0.1) is 0 Å². The first-order valence-corrected chi connectivity index (χ1v) is 6.79. The van der Waals surface area contributed by atoms with Crippen molar-refractivity contribution >= 4 is 33.5 Å². The molecule has 0 radical (unpaired) electrons. The van der Waals surface area contributed by atoms with Gasteiger partial charge in [-0.1, -0.05) is 15.9 Å². The SMILES string of the molecule is COc1ccc(C(=O)Nc2cc(Br)ccc2C(=O)O)cc1. The number of hydrogen-bond acceptors (Lipinski definition) is 3. The van der Waals surface area contributed by atoms with E-state index in [-0.39, 0.29) is 11.3 Å². The van der Waals surface area contributed by atoms with Crippen molar-refractivity contribution < 1.29 is 19.4 Å². The third-order valence-electron chi connectivity index (χ3n) is 2.81. The molecule has 1 amide bonds. The summed E-state index contributed by atoms with van der Waals surface area (Å²) in [4.78, 5) is 23.3. The molecule has 0 saturated heterocycles. The van der Waals surface area contributed by atoms with Gasteiger partial charge in [-0.05, 0) is 42.5 Å². The van der Waals surface area contributed by atoms with Gasteiger partial charge in [0.15, 0.2) is 0 Å². The Morgan fingerprint density at radius 3 is 2.38 bits per heavy atom. The normalized spacial score (nSPS) is 10.0. The summed E-state index contributed by atoms with van der Waals surface area (Å²) in [6.45, 7) is 0. The summed E-state index contributed by atoms with van der Waals surface area (Å²) in [7, 11) is 1.54. The molecule has 0 saturated carbocycles. The van der Waals surface area contributed by atoms with Crippen LogP contribution in [0.3, 0.4) is 0 Å². The zero-order valence-corrected chi connectivity index (χ0v) is 12.7. The highest BCUT2D eigenvalue weighted by Gasteiger charge is 2.14. The van der Waals surface area contributed by atoms with Gasteiger partial charge in [0.25, 0.3) is 5.91 Å². The number of benzene rings is 2. The van der Waals surface area contributed by atoms with Crippen LogP contribution in [0, 0.1) is 0 Å². The minimum Gasteiger partial charge on any atom is -0.497 e. The number of anilines is 1. The lowest BCUT2D eigenvalue weighted by molar-refractivity contribution is 0.0698. The average molecular weight is 350 g/mol. The van der Waals surface area contributed by atoms with E-state index in [1.807, 2.05) is 0 Å². The van der Waals surface area contributed by atoms with Gasteiger partial charge < -0.3 is 15.2 Å². The number of nitrogens with one attached hydrogen (secondary N) is 1. The van der Waals surface area contributed by atoms with Crippen LogP contribution in [0.2, 0.25) is 0 Å². The Bertz CT molecular complexity index is 683. The van der Waals surface area contributed by atoms with Gasteiger partial charge in [0.2, 0.25) is 0 Å². The number of hydrogen-bond donors (Lipinski definition) is 2. The number of methoxy groups -OCH3 is 1. The van der Waals surface area contributed by atoms with E-state index in [4.69, 9.17) is 9.84 Å². The summed E-state index contributed by atoms with van der Waals surface area (Å²) in [5.41, 5.74) is 0.671. The van der Waals surface area contributed by atoms with E-state index >= 15 is 0 Å². The molecule has 0 aromatic heterocycles. The van der Waals surface area contributed by atoms with E-state index in [9.17, 15) is 9.59 Å². The van der Waals surface area contributed by atoms with Gasteiger partial charge in [0.1, 0.15) is 5.75 Å². The van der Waals surface area contributed by atoms with Crippen LogP contribution in [0.1, 0.15) is 20.7 Å². The number of carboxylic acid groups (broad SMARTS) is 1. The second kappa shape index (κ2) is 6.41. The Labute approximate surface area is 129 Å². The van der Waals surface area contributed by atoms with E-state index in [0.717, 1.165) is 0 Å². The topological polar surface area (TPSA) is 75.6 Å². The molecule has 21 heavy (non-hydrogen) atoms. The van der Waals surface area contributed by atoms with E-state index in [1.165, 1.54) is 13.2 Å². The van der Waals surface area contributed by atoms with Crippen molar-refractivity contribution in [2.24, 2.45) is 0 Å². The minimum atomic E-state index is -1.10. The smallest absolute Gasteiger partial charge is 0.337 e. The summed E-state index contributed by atoms with van der Waals surface area (Å²) in [5, 5.41) is 11.7. The lowest BCUT2D eigenvalue weighted by Crippen LogP contribution is -2.14. The molecular formula is C15H12BrNO4. The largest absolute Gasteiger partial charge is 0.497 e. The second-order valence-electron chi connectivity index (χ2n) is 4.18. The number of aromatic carboxylic acids is 1. The van der Waals surface area contributed by atoms with Crippen LogP contribution in [-0.2, 0) is 0 Å². The maximum Gasteiger partial charge on any atom is 0.337 e. The Morgan fingerprint density at radius 1 is 1.14 bits per heavy atom. The molecular weight excluding hydrogens is 338 g/mol. The van der Waals surface area contributed by atoms with Crippen molar-refractivity contribution in [3.63, 3.8) is 0 Å². The van der Waals surface area contributed by atoms with E-state index in [2.05, 4.69) is 21.2 Å². The molecule has 6 heteroatoms. The Balaban J connectivity index is 2.26. The van der Waals surface area contributed by atoms with E-state index < -0.39 is 11.9 Å². The number of ether oxygens (including phenoxy) is 1. The Hall–Kier alpha value is -2.34. The molecule has 0 aliphatic rings. The number of carboxylic acids is 1. The first-order valence-electron chi connectivity index (χ1n) is 5.99. The van der Waals surface area contributed by atoms with Crippen molar-refractivity contribution in [2.45, 2.75) is 0 Å². The minimum absolute atomic E-state index is 0.0278. The van der Waals surface area contributed by atoms with E-state index in [0.29, 0.717) is 15.8 Å². The van der Waals surface area contributed by atoms with Crippen LogP contribution >= 0.6 is 15.9 Å². The highest BCUT2D eigenvalue weighted by molar-refractivity contribution is 9.10. The summed E-state index contributed by atoms with van der Waals surface area (Å²) < 4.78 is 5.70. The molecule has 0 heterocycles. The van der Waals surface area contributed by atoms with Crippen molar-refractivity contribution in [1.29, 1.82) is 0 Å². The molecule has 5 nitrogen and oxygen atoms in total. The lowest BCUT2D eigenvalue weighted by atomic mass is 10.1. The molecule has 0 spiro atoms. The molecule has 0 aliphatic carbocycles. The first kappa shape index (κ1) is 15.1. The third-order valence-corrected chi connectivity index (χ3v) is 3.31. The lowest BCUT2D eigenvalue weighted by Gasteiger charge is -2.09. The standard InChI is InChI=1S/C15H12BrNO4/c1-21-11-5-2-9(3-6-11)14(18)17-13-8-10(16)4-7-12(13)15(19)20/h2-8H,1H3,(H,17,18)(H,19,20). The summed E-state index contributed by atoms with van der Waals surface area (Å²) in [5.74, 6) is -0.856. The summed E-state index contributed by atoms with van der Waals surface area (Å²) >= 11 is 3.25. The van der Waals surface area contributed by atoms with Crippen LogP contribution in [0.25, 0.3) is 0 Å². The zero-order valence-electron chi connectivity index (χ0n) is 11.1. The van der Waals surface area contributed by atoms with Crippen LogP contribution in [-0.4, -0.2) is 24.1 Å². The number of amides is 1. The van der Waals surface area contributed by atoms with Crippen molar-refractivity contribution in [3.8, 4) is 5.75 Å². The molecule has 0 unspecified atom stereocenters. The van der Waals surface area contributed by atoms with Gasteiger partial charge in [-0.25, -0.2) is 4.79 Å². The third kappa shape index (κ3) is 3.61. The maximum atomic E-state index is 12.1. The fourth-order valence-corrected chi connectivity index (χ4v) is 2.10. The quantitative estimate of drug-likeness (QED) is 0.886. The predicted octanol–water partition coefficient (Wildman–Crippen LogP) is 3.41. The van der Waals surface area contributed by atoms with Crippen LogP contribution in [0.4, 0.5) is 5.69 Å². The molecule has 0 bridgehead atoms.